The zero-order chi connectivity index (χ0) is 21.3. The van der Waals surface area contributed by atoms with Gasteiger partial charge in [-0.3, -0.25) is 14.2 Å². The molecule has 0 spiro atoms. The van der Waals surface area contributed by atoms with Crippen LogP contribution in [0, 0.1) is 5.82 Å². The van der Waals surface area contributed by atoms with Crippen LogP contribution in [-0.4, -0.2) is 15.0 Å². The van der Waals surface area contributed by atoms with Crippen molar-refractivity contribution in [2.45, 2.75) is 13.1 Å². The molecule has 2 aromatic heterocycles. The summed E-state index contributed by atoms with van der Waals surface area (Å²) in [7, 11) is 0. The van der Waals surface area contributed by atoms with E-state index in [2.05, 4.69) is 5.32 Å². The third-order valence-electron chi connectivity index (χ3n) is 4.56. The van der Waals surface area contributed by atoms with Gasteiger partial charge >= 0.3 is 5.69 Å². The zero-order valence-electron chi connectivity index (χ0n) is 15.5. The number of benzene rings is 2. The number of nitrogens with one attached hydrogen (secondary N) is 1. The number of amides is 1. The van der Waals surface area contributed by atoms with Crippen molar-refractivity contribution in [3.63, 3.8) is 0 Å². The summed E-state index contributed by atoms with van der Waals surface area (Å²) in [6, 6.07) is 14.1. The number of halogens is 2. The molecule has 0 aliphatic rings. The van der Waals surface area contributed by atoms with Gasteiger partial charge in [0.05, 0.1) is 11.2 Å². The molecule has 4 rings (SSSR count). The van der Waals surface area contributed by atoms with Gasteiger partial charge in [0, 0.05) is 11.6 Å². The van der Waals surface area contributed by atoms with E-state index >= 15 is 0 Å². The van der Waals surface area contributed by atoms with Gasteiger partial charge in [0.15, 0.2) is 0 Å². The van der Waals surface area contributed by atoms with Crippen molar-refractivity contribution >= 4 is 39.1 Å². The molecule has 30 heavy (non-hydrogen) atoms. The lowest BCUT2D eigenvalue weighted by Crippen LogP contribution is -2.41. The van der Waals surface area contributed by atoms with E-state index in [9.17, 15) is 18.8 Å². The molecule has 0 radical (unpaired) electrons. The molecule has 0 bridgehead atoms. The fraction of sp³-hybridized carbons (Fsp3) is 0.0952. The third kappa shape index (κ3) is 3.79. The van der Waals surface area contributed by atoms with E-state index in [0.29, 0.717) is 21.5 Å². The highest BCUT2D eigenvalue weighted by Crippen LogP contribution is 2.18. The SMILES string of the molecule is O=C(Cn1c(=O)n(-c2ccccc2)c(=O)c2sccc21)NCc1ccc(F)cc1Cl. The third-order valence-corrected chi connectivity index (χ3v) is 5.81. The lowest BCUT2D eigenvalue weighted by molar-refractivity contribution is -0.121. The van der Waals surface area contributed by atoms with Crippen LogP contribution in [0.15, 0.2) is 69.6 Å². The van der Waals surface area contributed by atoms with Crippen LogP contribution in [0.5, 0.6) is 0 Å². The summed E-state index contributed by atoms with van der Waals surface area (Å²) >= 11 is 7.19. The maximum atomic E-state index is 13.2. The molecule has 0 saturated carbocycles. The van der Waals surface area contributed by atoms with Crippen LogP contribution in [0.4, 0.5) is 4.39 Å². The Labute approximate surface area is 178 Å². The topological polar surface area (TPSA) is 73.1 Å². The predicted molar refractivity (Wildman–Crippen MR) is 115 cm³/mol. The van der Waals surface area contributed by atoms with E-state index < -0.39 is 23.0 Å². The second-order valence-corrected chi connectivity index (χ2v) is 7.82. The summed E-state index contributed by atoms with van der Waals surface area (Å²) in [4.78, 5) is 38.5. The maximum absolute atomic E-state index is 13.2. The van der Waals surface area contributed by atoms with E-state index in [-0.39, 0.29) is 18.1 Å². The van der Waals surface area contributed by atoms with Crippen LogP contribution < -0.4 is 16.6 Å². The Hall–Kier alpha value is -3.23. The monoisotopic (exact) mass is 443 g/mol. The molecular weight excluding hydrogens is 429 g/mol. The molecule has 9 heteroatoms. The first-order chi connectivity index (χ1) is 14.5. The predicted octanol–water partition coefficient (Wildman–Crippen LogP) is 3.32. The largest absolute Gasteiger partial charge is 0.350 e. The summed E-state index contributed by atoms with van der Waals surface area (Å²) in [5.74, 6) is -0.909. The highest BCUT2D eigenvalue weighted by atomic mass is 35.5. The van der Waals surface area contributed by atoms with Crippen LogP contribution in [-0.2, 0) is 17.9 Å². The molecular formula is C21H15ClFN3O3S. The average Bonchev–Trinajstić information content (AvgIpc) is 3.21. The number of fused-ring (bicyclic) bond motifs is 1. The van der Waals surface area contributed by atoms with Crippen molar-refractivity contribution in [1.29, 1.82) is 0 Å². The van der Waals surface area contributed by atoms with Gasteiger partial charge < -0.3 is 5.32 Å². The minimum Gasteiger partial charge on any atom is -0.350 e. The Balaban J connectivity index is 1.67. The van der Waals surface area contributed by atoms with Crippen LogP contribution in [0.2, 0.25) is 5.02 Å². The van der Waals surface area contributed by atoms with E-state index in [4.69, 9.17) is 11.6 Å². The van der Waals surface area contributed by atoms with Gasteiger partial charge in [-0.1, -0.05) is 35.9 Å². The van der Waals surface area contributed by atoms with Crippen LogP contribution in [0.3, 0.4) is 0 Å². The first-order valence-electron chi connectivity index (χ1n) is 8.95. The van der Waals surface area contributed by atoms with E-state index in [0.717, 1.165) is 10.6 Å². The van der Waals surface area contributed by atoms with Crippen molar-refractivity contribution in [3.05, 3.63) is 97.2 Å². The Bertz CT molecular complexity index is 1360. The van der Waals surface area contributed by atoms with Gasteiger partial charge in [-0.2, -0.15) is 0 Å². The number of thiophene rings is 1. The van der Waals surface area contributed by atoms with E-state index in [1.165, 1.54) is 28.0 Å². The summed E-state index contributed by atoms with van der Waals surface area (Å²) in [5.41, 5.74) is 0.346. The van der Waals surface area contributed by atoms with Crippen molar-refractivity contribution in [3.8, 4) is 5.69 Å². The smallest absolute Gasteiger partial charge is 0.336 e. The summed E-state index contributed by atoms with van der Waals surface area (Å²) in [6.07, 6.45) is 0. The lowest BCUT2D eigenvalue weighted by Gasteiger charge is -2.13. The number of nitrogens with zero attached hydrogens (tertiary/aromatic N) is 2. The Morgan fingerprint density at radius 2 is 1.87 bits per heavy atom. The van der Waals surface area contributed by atoms with Gasteiger partial charge in [-0.15, -0.1) is 11.3 Å². The van der Waals surface area contributed by atoms with Gasteiger partial charge in [0.25, 0.3) is 5.56 Å². The molecule has 2 heterocycles. The number of hydrogen-bond donors (Lipinski definition) is 1. The molecule has 1 N–H and O–H groups in total. The van der Waals surface area contributed by atoms with Gasteiger partial charge in [-0.05, 0) is 41.3 Å². The molecule has 4 aromatic rings. The second-order valence-electron chi connectivity index (χ2n) is 6.49. The highest BCUT2D eigenvalue weighted by molar-refractivity contribution is 7.17. The summed E-state index contributed by atoms with van der Waals surface area (Å²) in [6.45, 7) is -0.199. The molecule has 0 aliphatic carbocycles. The molecule has 0 atom stereocenters. The Kier molecular flexibility index (Phi) is 5.52. The molecule has 0 fully saturated rings. The Morgan fingerprint density at radius 1 is 1.10 bits per heavy atom. The number of aromatic nitrogens is 2. The van der Waals surface area contributed by atoms with Crippen molar-refractivity contribution in [1.82, 2.24) is 14.5 Å². The molecule has 0 saturated heterocycles. The van der Waals surface area contributed by atoms with Crippen molar-refractivity contribution < 1.29 is 9.18 Å². The molecule has 0 unspecified atom stereocenters. The van der Waals surface area contributed by atoms with Crippen LogP contribution in [0.25, 0.3) is 15.9 Å². The number of hydrogen-bond acceptors (Lipinski definition) is 4. The molecule has 1 amide bonds. The quantitative estimate of drug-likeness (QED) is 0.514. The zero-order valence-corrected chi connectivity index (χ0v) is 17.0. The first-order valence-corrected chi connectivity index (χ1v) is 10.2. The standard InChI is InChI=1S/C21H15ClFN3O3S/c22-16-10-14(23)7-6-13(16)11-24-18(27)12-25-17-8-9-30-19(17)20(28)26(21(25)29)15-4-2-1-3-5-15/h1-10H,11-12H2,(H,24,27). The minimum absolute atomic E-state index is 0.0812. The molecule has 0 aliphatic heterocycles. The highest BCUT2D eigenvalue weighted by Gasteiger charge is 2.17. The van der Waals surface area contributed by atoms with Gasteiger partial charge in [0.1, 0.15) is 17.1 Å². The maximum Gasteiger partial charge on any atom is 0.336 e. The summed E-state index contributed by atoms with van der Waals surface area (Å²) < 4.78 is 15.9. The molecule has 6 nitrogen and oxygen atoms in total. The van der Waals surface area contributed by atoms with Crippen molar-refractivity contribution in [2.24, 2.45) is 0 Å². The van der Waals surface area contributed by atoms with E-state index in [1.54, 1.807) is 41.8 Å². The Morgan fingerprint density at radius 3 is 2.60 bits per heavy atom. The second kappa shape index (κ2) is 8.25. The van der Waals surface area contributed by atoms with Crippen molar-refractivity contribution in [2.75, 3.05) is 0 Å². The van der Waals surface area contributed by atoms with Crippen LogP contribution >= 0.6 is 22.9 Å². The minimum atomic E-state index is -0.605. The normalized spacial score (nSPS) is 11.0. The molecule has 2 aromatic carbocycles. The molecule has 152 valence electrons. The first kappa shape index (κ1) is 20.1. The van der Waals surface area contributed by atoms with Gasteiger partial charge in [0.2, 0.25) is 5.91 Å². The average molecular weight is 444 g/mol. The number of carbonyl (C=O) groups is 1. The van der Waals surface area contributed by atoms with Gasteiger partial charge in [-0.25, -0.2) is 13.8 Å². The number of carbonyl (C=O) groups excluding carboxylic acids is 1. The van der Waals surface area contributed by atoms with Crippen LogP contribution in [0.1, 0.15) is 5.56 Å². The fourth-order valence-electron chi connectivity index (χ4n) is 3.10. The summed E-state index contributed by atoms with van der Waals surface area (Å²) in [5, 5.41) is 4.58. The van der Waals surface area contributed by atoms with E-state index in [1.807, 2.05) is 0 Å². The number of rotatable bonds is 5. The fourth-order valence-corrected chi connectivity index (χ4v) is 4.16. The lowest BCUT2D eigenvalue weighted by atomic mass is 10.2. The number of para-hydroxylation sites is 1.